The topological polar surface area (TPSA) is 92.5 Å². The SMILES string of the molecule is NNc1nc(SC2CCCCC2)c2cn[nH]c2n1. The Morgan fingerprint density at radius 2 is 2.11 bits per heavy atom. The lowest BCUT2D eigenvalue weighted by Gasteiger charge is -2.20. The number of rotatable bonds is 3. The molecule has 0 amide bonds. The third kappa shape index (κ3) is 2.28. The van der Waals surface area contributed by atoms with E-state index in [1.165, 1.54) is 32.1 Å². The summed E-state index contributed by atoms with van der Waals surface area (Å²) in [5, 5.41) is 9.48. The van der Waals surface area contributed by atoms with E-state index in [9.17, 15) is 0 Å². The third-order valence-corrected chi connectivity index (χ3v) is 4.57. The Morgan fingerprint density at radius 1 is 1.28 bits per heavy atom. The van der Waals surface area contributed by atoms with E-state index in [2.05, 4.69) is 25.6 Å². The van der Waals surface area contributed by atoms with Crippen molar-refractivity contribution >= 4 is 28.7 Å². The molecule has 6 nitrogen and oxygen atoms in total. The maximum absolute atomic E-state index is 5.39. The molecule has 96 valence electrons. The van der Waals surface area contributed by atoms with Crippen LogP contribution in [0.15, 0.2) is 11.2 Å². The van der Waals surface area contributed by atoms with Gasteiger partial charge in [0.25, 0.3) is 0 Å². The summed E-state index contributed by atoms with van der Waals surface area (Å²) in [6, 6.07) is 0. The number of anilines is 1. The molecule has 0 bridgehead atoms. The van der Waals surface area contributed by atoms with Gasteiger partial charge in [-0.3, -0.25) is 10.5 Å². The van der Waals surface area contributed by atoms with Crippen LogP contribution in [-0.2, 0) is 0 Å². The average Bonchev–Trinajstić information content (AvgIpc) is 2.88. The van der Waals surface area contributed by atoms with Gasteiger partial charge in [0.15, 0.2) is 5.65 Å². The van der Waals surface area contributed by atoms with Crippen LogP contribution < -0.4 is 11.3 Å². The second-order valence-corrected chi connectivity index (χ2v) is 5.80. The van der Waals surface area contributed by atoms with Gasteiger partial charge in [-0.25, -0.2) is 10.8 Å². The number of nitrogens with zero attached hydrogens (tertiary/aromatic N) is 3. The minimum Gasteiger partial charge on any atom is -0.292 e. The Kier molecular flexibility index (Phi) is 3.33. The Labute approximate surface area is 109 Å². The molecule has 1 aliphatic carbocycles. The molecule has 0 aromatic carbocycles. The van der Waals surface area contributed by atoms with Crippen LogP contribution in [0.3, 0.4) is 0 Å². The lowest BCUT2D eigenvalue weighted by molar-refractivity contribution is 0.516. The van der Waals surface area contributed by atoms with Gasteiger partial charge in [-0.1, -0.05) is 19.3 Å². The molecule has 7 heteroatoms. The summed E-state index contributed by atoms with van der Waals surface area (Å²) >= 11 is 1.82. The van der Waals surface area contributed by atoms with E-state index >= 15 is 0 Å². The molecule has 3 rings (SSSR count). The Balaban J connectivity index is 1.91. The maximum atomic E-state index is 5.39. The van der Waals surface area contributed by atoms with Gasteiger partial charge >= 0.3 is 0 Å². The fraction of sp³-hybridized carbons (Fsp3) is 0.545. The Morgan fingerprint density at radius 3 is 2.89 bits per heavy atom. The van der Waals surface area contributed by atoms with Crippen molar-refractivity contribution in [2.45, 2.75) is 42.4 Å². The standard InChI is InChI=1S/C11H16N6S/c12-16-11-14-9-8(6-13-17-9)10(15-11)18-7-4-2-1-3-5-7/h6-7H,1-5,12H2,(H2,13,14,15,16,17). The summed E-state index contributed by atoms with van der Waals surface area (Å²) in [5.41, 5.74) is 3.24. The summed E-state index contributed by atoms with van der Waals surface area (Å²) in [5.74, 6) is 5.83. The van der Waals surface area contributed by atoms with Crippen LogP contribution in [0.4, 0.5) is 5.95 Å². The summed E-state index contributed by atoms with van der Waals surface area (Å²) in [6.45, 7) is 0. The number of fused-ring (bicyclic) bond motifs is 1. The third-order valence-electron chi connectivity index (χ3n) is 3.23. The first-order chi connectivity index (χ1) is 8.86. The predicted molar refractivity (Wildman–Crippen MR) is 72.2 cm³/mol. The highest BCUT2D eigenvalue weighted by molar-refractivity contribution is 8.00. The van der Waals surface area contributed by atoms with Gasteiger partial charge in [-0.15, -0.1) is 11.8 Å². The van der Waals surface area contributed by atoms with Crippen LogP contribution in [0, 0.1) is 0 Å². The first kappa shape index (κ1) is 11.7. The van der Waals surface area contributed by atoms with E-state index in [1.54, 1.807) is 6.20 Å². The molecule has 2 aromatic rings. The second-order valence-electron chi connectivity index (χ2n) is 4.51. The van der Waals surface area contributed by atoms with E-state index in [0.717, 1.165) is 16.1 Å². The quantitative estimate of drug-likeness (QED) is 0.446. The van der Waals surface area contributed by atoms with E-state index < -0.39 is 0 Å². The average molecular weight is 264 g/mol. The largest absolute Gasteiger partial charge is 0.292 e. The molecule has 1 fully saturated rings. The number of nitrogens with two attached hydrogens (primary N) is 1. The van der Waals surface area contributed by atoms with Crippen molar-refractivity contribution in [2.24, 2.45) is 5.84 Å². The zero-order valence-electron chi connectivity index (χ0n) is 10.0. The molecule has 1 aliphatic rings. The van der Waals surface area contributed by atoms with Crippen molar-refractivity contribution in [1.82, 2.24) is 20.2 Å². The molecule has 2 aromatic heterocycles. The zero-order chi connectivity index (χ0) is 12.4. The van der Waals surface area contributed by atoms with Crippen LogP contribution in [0.2, 0.25) is 0 Å². The van der Waals surface area contributed by atoms with E-state index in [4.69, 9.17) is 5.84 Å². The van der Waals surface area contributed by atoms with Crippen LogP contribution in [0.5, 0.6) is 0 Å². The van der Waals surface area contributed by atoms with Crippen molar-refractivity contribution in [3.63, 3.8) is 0 Å². The van der Waals surface area contributed by atoms with Crippen molar-refractivity contribution < 1.29 is 0 Å². The lowest BCUT2D eigenvalue weighted by atomic mass is 10.0. The first-order valence-corrected chi connectivity index (χ1v) is 7.09. The molecule has 0 saturated heterocycles. The number of aromatic amines is 1. The molecule has 1 saturated carbocycles. The van der Waals surface area contributed by atoms with E-state index in [1.807, 2.05) is 11.8 Å². The fourth-order valence-corrected chi connectivity index (χ4v) is 3.60. The van der Waals surface area contributed by atoms with Crippen LogP contribution in [0.1, 0.15) is 32.1 Å². The molecular formula is C11H16N6S. The second kappa shape index (κ2) is 5.11. The molecule has 4 N–H and O–H groups in total. The highest BCUT2D eigenvalue weighted by atomic mass is 32.2. The normalized spacial score (nSPS) is 17.2. The Hall–Kier alpha value is -1.34. The molecule has 0 atom stereocenters. The lowest BCUT2D eigenvalue weighted by Crippen LogP contribution is -2.12. The number of H-pyrrole nitrogens is 1. The van der Waals surface area contributed by atoms with Crippen molar-refractivity contribution in [3.05, 3.63) is 6.20 Å². The molecule has 0 spiro atoms. The molecule has 18 heavy (non-hydrogen) atoms. The summed E-state index contributed by atoms with van der Waals surface area (Å²) in [7, 11) is 0. The van der Waals surface area contributed by atoms with Gasteiger partial charge in [-0.2, -0.15) is 10.1 Å². The molecule has 0 aliphatic heterocycles. The van der Waals surface area contributed by atoms with Crippen molar-refractivity contribution in [2.75, 3.05) is 5.43 Å². The fourth-order valence-electron chi connectivity index (χ4n) is 2.30. The smallest absolute Gasteiger partial charge is 0.240 e. The monoisotopic (exact) mass is 264 g/mol. The molecular weight excluding hydrogens is 248 g/mol. The van der Waals surface area contributed by atoms with Gasteiger partial charge in [0.1, 0.15) is 5.03 Å². The van der Waals surface area contributed by atoms with Gasteiger partial charge in [0.05, 0.1) is 11.6 Å². The number of nitrogens with one attached hydrogen (secondary N) is 2. The zero-order valence-corrected chi connectivity index (χ0v) is 10.8. The van der Waals surface area contributed by atoms with Crippen LogP contribution in [-0.4, -0.2) is 25.4 Å². The van der Waals surface area contributed by atoms with Crippen LogP contribution in [0.25, 0.3) is 11.0 Å². The Bertz CT molecular complexity index is 533. The molecule has 0 unspecified atom stereocenters. The highest BCUT2D eigenvalue weighted by Gasteiger charge is 2.18. The number of nitrogen functional groups attached to an aromatic ring is 1. The number of aromatic nitrogens is 4. The number of hydrogen-bond donors (Lipinski definition) is 3. The molecule has 0 radical (unpaired) electrons. The summed E-state index contributed by atoms with van der Waals surface area (Å²) in [4.78, 5) is 8.67. The molecule has 2 heterocycles. The minimum atomic E-state index is 0.435. The summed E-state index contributed by atoms with van der Waals surface area (Å²) in [6.07, 6.45) is 8.30. The van der Waals surface area contributed by atoms with Crippen LogP contribution >= 0.6 is 11.8 Å². The van der Waals surface area contributed by atoms with Gasteiger partial charge in [0.2, 0.25) is 5.95 Å². The van der Waals surface area contributed by atoms with E-state index in [-0.39, 0.29) is 0 Å². The minimum absolute atomic E-state index is 0.435. The first-order valence-electron chi connectivity index (χ1n) is 6.21. The van der Waals surface area contributed by atoms with Gasteiger partial charge in [-0.05, 0) is 12.8 Å². The predicted octanol–water partition coefficient (Wildman–Crippen LogP) is 2.06. The van der Waals surface area contributed by atoms with E-state index in [0.29, 0.717) is 11.2 Å². The number of hydrogen-bond acceptors (Lipinski definition) is 6. The van der Waals surface area contributed by atoms with Crippen molar-refractivity contribution in [3.8, 4) is 0 Å². The van der Waals surface area contributed by atoms with Crippen molar-refractivity contribution in [1.29, 1.82) is 0 Å². The van der Waals surface area contributed by atoms with Gasteiger partial charge in [0, 0.05) is 5.25 Å². The number of thioether (sulfide) groups is 1. The maximum Gasteiger partial charge on any atom is 0.240 e. The van der Waals surface area contributed by atoms with Gasteiger partial charge < -0.3 is 0 Å². The highest BCUT2D eigenvalue weighted by Crippen LogP contribution is 2.35. The summed E-state index contributed by atoms with van der Waals surface area (Å²) < 4.78 is 0. The number of hydrazine groups is 1.